The summed E-state index contributed by atoms with van der Waals surface area (Å²) in [6.07, 6.45) is -0.444. The van der Waals surface area contributed by atoms with Crippen molar-refractivity contribution < 1.29 is 18.6 Å². The third-order valence-corrected chi connectivity index (χ3v) is 3.82. The molecule has 110 valence electrons. The van der Waals surface area contributed by atoms with Gasteiger partial charge in [0.15, 0.2) is 0 Å². The molecule has 2 atom stereocenters. The molecule has 0 fully saturated rings. The highest BCUT2D eigenvalue weighted by Gasteiger charge is 2.28. The number of hydrogen-bond acceptors (Lipinski definition) is 2. The van der Waals surface area contributed by atoms with Gasteiger partial charge in [-0.2, -0.15) is 0 Å². The van der Waals surface area contributed by atoms with Crippen LogP contribution in [-0.2, 0) is 17.6 Å². The fraction of sp³-hybridized carbons (Fsp3) is 0.294. The Morgan fingerprint density at radius 3 is 2.81 bits per heavy atom. The molecule has 3 rings (SSSR count). The monoisotopic (exact) mass is 290 g/mol. The van der Waals surface area contributed by atoms with E-state index in [4.69, 9.17) is 4.74 Å². The molecule has 0 aliphatic carbocycles. The number of fused-ring (bicyclic) bond motifs is 1. The molecule has 0 spiro atoms. The van der Waals surface area contributed by atoms with Crippen molar-refractivity contribution in [2.24, 2.45) is 0 Å². The van der Waals surface area contributed by atoms with E-state index < -0.39 is 23.8 Å². The first kappa shape index (κ1) is 14.2. The van der Waals surface area contributed by atoms with Gasteiger partial charge in [-0.25, -0.2) is 8.78 Å². The lowest BCUT2D eigenvalue weighted by Crippen LogP contribution is -2.28. The van der Waals surface area contributed by atoms with Crippen LogP contribution in [0.15, 0.2) is 42.5 Å². The first-order valence-corrected chi connectivity index (χ1v) is 6.96. The van der Waals surface area contributed by atoms with Crippen LogP contribution >= 0.6 is 0 Å². The van der Waals surface area contributed by atoms with Crippen molar-refractivity contribution in [2.75, 3.05) is 6.61 Å². The van der Waals surface area contributed by atoms with Crippen molar-refractivity contribution in [1.29, 1.82) is 0 Å². The van der Waals surface area contributed by atoms with Crippen LogP contribution in [0.25, 0.3) is 0 Å². The molecule has 2 aromatic carbocycles. The molecule has 4 heteroatoms. The molecule has 2 aromatic rings. The van der Waals surface area contributed by atoms with Gasteiger partial charge in [-0.15, -0.1) is 0 Å². The molecule has 0 bridgehead atoms. The smallest absolute Gasteiger partial charge is 0.129 e. The van der Waals surface area contributed by atoms with Crippen LogP contribution in [-0.4, -0.2) is 17.8 Å². The molecule has 1 N–H and O–H groups in total. The second-order valence-electron chi connectivity index (χ2n) is 5.25. The second kappa shape index (κ2) is 5.92. The van der Waals surface area contributed by atoms with E-state index >= 15 is 0 Å². The molecule has 0 aromatic heterocycles. The van der Waals surface area contributed by atoms with E-state index in [0.29, 0.717) is 6.61 Å². The Labute approximate surface area is 122 Å². The van der Waals surface area contributed by atoms with E-state index in [1.807, 2.05) is 24.3 Å². The quantitative estimate of drug-likeness (QED) is 0.940. The van der Waals surface area contributed by atoms with Crippen LogP contribution in [0.3, 0.4) is 0 Å². The summed E-state index contributed by atoms with van der Waals surface area (Å²) in [5, 5.41) is 10.4. The third kappa shape index (κ3) is 2.96. The SMILES string of the molecule is OC(Cc1ccc(F)cc1F)C1OCCc2ccccc21. The normalized spacial score (nSPS) is 19.1. The summed E-state index contributed by atoms with van der Waals surface area (Å²) >= 11 is 0. The Balaban J connectivity index is 1.81. The van der Waals surface area contributed by atoms with Gasteiger partial charge < -0.3 is 9.84 Å². The zero-order chi connectivity index (χ0) is 14.8. The fourth-order valence-electron chi connectivity index (χ4n) is 2.76. The van der Waals surface area contributed by atoms with Crippen molar-refractivity contribution in [1.82, 2.24) is 0 Å². The molecular formula is C17H16F2O2. The highest BCUT2D eigenvalue weighted by atomic mass is 19.1. The number of rotatable bonds is 3. The predicted octanol–water partition coefficient (Wildman–Crippen LogP) is 3.18. The third-order valence-electron chi connectivity index (χ3n) is 3.82. The minimum atomic E-state index is -0.869. The highest BCUT2D eigenvalue weighted by molar-refractivity contribution is 5.32. The maximum atomic E-state index is 13.7. The molecule has 0 amide bonds. The predicted molar refractivity (Wildman–Crippen MR) is 74.9 cm³/mol. The molecular weight excluding hydrogens is 274 g/mol. The van der Waals surface area contributed by atoms with E-state index in [-0.39, 0.29) is 12.0 Å². The van der Waals surface area contributed by atoms with Gasteiger partial charge >= 0.3 is 0 Å². The number of halogens is 2. The summed E-state index contributed by atoms with van der Waals surface area (Å²) in [4.78, 5) is 0. The van der Waals surface area contributed by atoms with Crippen molar-refractivity contribution in [3.63, 3.8) is 0 Å². The maximum absolute atomic E-state index is 13.7. The molecule has 0 radical (unpaired) electrons. The zero-order valence-electron chi connectivity index (χ0n) is 11.4. The van der Waals surface area contributed by atoms with Gasteiger partial charge in [0.1, 0.15) is 17.7 Å². The summed E-state index contributed by atoms with van der Waals surface area (Å²) < 4.78 is 32.2. The van der Waals surface area contributed by atoms with Crippen LogP contribution in [0.1, 0.15) is 22.8 Å². The summed E-state index contributed by atoms with van der Waals surface area (Å²) in [5.41, 5.74) is 2.38. The van der Waals surface area contributed by atoms with E-state index in [1.54, 1.807) is 0 Å². The van der Waals surface area contributed by atoms with Crippen LogP contribution in [0.2, 0.25) is 0 Å². The van der Waals surface area contributed by atoms with Crippen LogP contribution in [0.5, 0.6) is 0 Å². The number of ether oxygens (including phenoxy) is 1. The van der Waals surface area contributed by atoms with Gasteiger partial charge in [-0.05, 0) is 29.2 Å². The van der Waals surface area contributed by atoms with Crippen LogP contribution in [0.4, 0.5) is 8.78 Å². The average molecular weight is 290 g/mol. The Hall–Kier alpha value is -1.78. The lowest BCUT2D eigenvalue weighted by Gasteiger charge is -2.29. The van der Waals surface area contributed by atoms with Crippen molar-refractivity contribution in [3.05, 3.63) is 70.8 Å². The molecule has 0 saturated heterocycles. The number of benzene rings is 2. The zero-order valence-corrected chi connectivity index (χ0v) is 11.4. The van der Waals surface area contributed by atoms with Gasteiger partial charge in [0, 0.05) is 12.5 Å². The molecule has 2 nitrogen and oxygen atoms in total. The molecule has 1 heterocycles. The number of hydrogen-bond donors (Lipinski definition) is 1. The first-order chi connectivity index (χ1) is 10.1. The van der Waals surface area contributed by atoms with E-state index in [0.717, 1.165) is 23.6 Å². The van der Waals surface area contributed by atoms with E-state index in [9.17, 15) is 13.9 Å². The summed E-state index contributed by atoms with van der Waals surface area (Å²) in [6, 6.07) is 11.2. The highest BCUT2D eigenvalue weighted by Crippen LogP contribution is 2.31. The van der Waals surface area contributed by atoms with E-state index in [2.05, 4.69) is 0 Å². The van der Waals surface area contributed by atoms with Crippen LogP contribution in [0, 0.1) is 11.6 Å². The Morgan fingerprint density at radius 2 is 2.00 bits per heavy atom. The fourth-order valence-corrected chi connectivity index (χ4v) is 2.76. The number of aliphatic hydroxyl groups is 1. The Morgan fingerprint density at radius 1 is 1.19 bits per heavy atom. The summed E-state index contributed by atoms with van der Waals surface area (Å²) in [7, 11) is 0. The van der Waals surface area contributed by atoms with Crippen molar-refractivity contribution in [3.8, 4) is 0 Å². The molecule has 1 aliphatic rings. The molecule has 2 unspecified atom stereocenters. The van der Waals surface area contributed by atoms with Gasteiger partial charge in [0.2, 0.25) is 0 Å². The lowest BCUT2D eigenvalue weighted by molar-refractivity contribution is -0.0463. The number of aliphatic hydroxyl groups excluding tert-OH is 1. The lowest BCUT2D eigenvalue weighted by atomic mass is 9.92. The molecule has 21 heavy (non-hydrogen) atoms. The van der Waals surface area contributed by atoms with Gasteiger partial charge in [-0.1, -0.05) is 30.3 Å². The Kier molecular flexibility index (Phi) is 3.99. The van der Waals surface area contributed by atoms with Gasteiger partial charge in [-0.3, -0.25) is 0 Å². The van der Waals surface area contributed by atoms with Crippen molar-refractivity contribution in [2.45, 2.75) is 25.0 Å². The Bertz CT molecular complexity index is 642. The minimum absolute atomic E-state index is 0.0884. The van der Waals surface area contributed by atoms with Gasteiger partial charge in [0.05, 0.1) is 12.7 Å². The largest absolute Gasteiger partial charge is 0.390 e. The van der Waals surface area contributed by atoms with E-state index in [1.165, 1.54) is 12.1 Å². The molecule has 1 aliphatic heterocycles. The molecule has 0 saturated carbocycles. The summed E-state index contributed by atoms with van der Waals surface area (Å²) in [6.45, 7) is 0.532. The van der Waals surface area contributed by atoms with Crippen LogP contribution < -0.4 is 0 Å². The average Bonchev–Trinajstić information content (AvgIpc) is 2.49. The summed E-state index contributed by atoms with van der Waals surface area (Å²) in [5.74, 6) is -1.26. The second-order valence-corrected chi connectivity index (χ2v) is 5.25. The topological polar surface area (TPSA) is 29.5 Å². The maximum Gasteiger partial charge on any atom is 0.129 e. The standard InChI is InChI=1S/C17H16F2O2/c18-13-6-5-12(15(19)10-13)9-16(20)17-14-4-2-1-3-11(14)7-8-21-17/h1-6,10,16-17,20H,7-9H2. The van der Waals surface area contributed by atoms with Crippen molar-refractivity contribution >= 4 is 0 Å². The van der Waals surface area contributed by atoms with Gasteiger partial charge in [0.25, 0.3) is 0 Å². The first-order valence-electron chi connectivity index (χ1n) is 6.96. The minimum Gasteiger partial charge on any atom is -0.390 e.